The largest absolute Gasteiger partial charge is 0.352 e. The van der Waals surface area contributed by atoms with E-state index in [0.29, 0.717) is 12.0 Å². The predicted octanol–water partition coefficient (Wildman–Crippen LogP) is 2.34. The summed E-state index contributed by atoms with van der Waals surface area (Å²) >= 11 is 0. The molecule has 23 heavy (non-hydrogen) atoms. The average molecular weight is 310 g/mol. The molecule has 1 amide bonds. The lowest BCUT2D eigenvalue weighted by molar-refractivity contribution is -0.120. The minimum atomic E-state index is -0.125. The fourth-order valence-corrected chi connectivity index (χ4v) is 3.27. The Labute approximate surface area is 135 Å². The number of carbonyl (C=O) groups is 1. The molecule has 0 saturated heterocycles. The number of nitrogens with one attached hydrogen (secondary N) is 2. The van der Waals surface area contributed by atoms with Crippen LogP contribution in [0.2, 0.25) is 0 Å². The third-order valence-corrected chi connectivity index (χ3v) is 4.48. The second-order valence-electron chi connectivity index (χ2n) is 6.35. The van der Waals surface area contributed by atoms with Crippen molar-refractivity contribution in [2.24, 2.45) is 0 Å². The van der Waals surface area contributed by atoms with Gasteiger partial charge in [-0.05, 0) is 61.4 Å². The van der Waals surface area contributed by atoms with Crippen molar-refractivity contribution >= 4 is 5.91 Å². The summed E-state index contributed by atoms with van der Waals surface area (Å²) in [5.74, 6) is -0.0534. The number of pyridine rings is 1. The SMILES string of the molecule is Cc1cc(C)c(CNC(=O)Cc2ccc3c(c2)CCC3)c(=O)[nH]1. The molecule has 0 saturated carbocycles. The van der Waals surface area contributed by atoms with Gasteiger partial charge in [-0.3, -0.25) is 9.59 Å². The van der Waals surface area contributed by atoms with Crippen LogP contribution in [0.25, 0.3) is 0 Å². The summed E-state index contributed by atoms with van der Waals surface area (Å²) in [4.78, 5) is 26.9. The van der Waals surface area contributed by atoms with Crippen LogP contribution in [0.3, 0.4) is 0 Å². The van der Waals surface area contributed by atoms with Crippen LogP contribution in [-0.2, 0) is 30.6 Å². The molecule has 1 aliphatic rings. The molecule has 120 valence electrons. The van der Waals surface area contributed by atoms with Gasteiger partial charge in [0.1, 0.15) is 0 Å². The Hall–Kier alpha value is -2.36. The van der Waals surface area contributed by atoms with Gasteiger partial charge in [-0.1, -0.05) is 18.2 Å². The highest BCUT2D eigenvalue weighted by atomic mass is 16.1. The molecule has 0 unspecified atom stereocenters. The van der Waals surface area contributed by atoms with Crippen LogP contribution in [0, 0.1) is 13.8 Å². The number of amides is 1. The summed E-state index contributed by atoms with van der Waals surface area (Å²) < 4.78 is 0. The first-order valence-corrected chi connectivity index (χ1v) is 8.09. The van der Waals surface area contributed by atoms with Crippen LogP contribution < -0.4 is 10.9 Å². The van der Waals surface area contributed by atoms with Crippen LogP contribution in [0.5, 0.6) is 0 Å². The van der Waals surface area contributed by atoms with Gasteiger partial charge in [0.25, 0.3) is 5.56 Å². The Morgan fingerprint density at radius 1 is 1.17 bits per heavy atom. The van der Waals surface area contributed by atoms with Gasteiger partial charge in [0.05, 0.1) is 6.42 Å². The first-order chi connectivity index (χ1) is 11.0. The summed E-state index contributed by atoms with van der Waals surface area (Å²) in [6.07, 6.45) is 3.83. The Balaban J connectivity index is 1.63. The van der Waals surface area contributed by atoms with Crippen LogP contribution in [0.15, 0.2) is 29.1 Å². The molecule has 1 heterocycles. The number of fused-ring (bicyclic) bond motifs is 1. The molecule has 0 fully saturated rings. The lowest BCUT2D eigenvalue weighted by Gasteiger charge is -2.09. The van der Waals surface area contributed by atoms with Gasteiger partial charge < -0.3 is 10.3 Å². The molecule has 3 rings (SSSR count). The number of hydrogen-bond donors (Lipinski definition) is 2. The van der Waals surface area contributed by atoms with Crippen molar-refractivity contribution < 1.29 is 4.79 Å². The van der Waals surface area contributed by atoms with E-state index >= 15 is 0 Å². The van der Waals surface area contributed by atoms with Crippen LogP contribution in [0.1, 0.15) is 39.9 Å². The highest BCUT2D eigenvalue weighted by Gasteiger charge is 2.13. The Morgan fingerprint density at radius 3 is 2.74 bits per heavy atom. The number of carbonyl (C=O) groups excluding carboxylic acids is 1. The van der Waals surface area contributed by atoms with Crippen molar-refractivity contribution in [1.82, 2.24) is 10.3 Å². The Morgan fingerprint density at radius 2 is 1.96 bits per heavy atom. The fraction of sp³-hybridized carbons (Fsp3) is 0.368. The van der Waals surface area contributed by atoms with Crippen LogP contribution in [-0.4, -0.2) is 10.9 Å². The third-order valence-electron chi connectivity index (χ3n) is 4.48. The van der Waals surface area contributed by atoms with Gasteiger partial charge in [0, 0.05) is 17.8 Å². The standard InChI is InChI=1S/C19H22N2O2/c1-12-8-13(2)21-19(23)17(12)11-20-18(22)10-14-6-7-15-4-3-5-16(15)9-14/h6-9H,3-5,10-11H2,1-2H3,(H,20,22)(H,21,23). The quantitative estimate of drug-likeness (QED) is 0.910. The Kier molecular flexibility index (Phi) is 4.33. The molecule has 4 heteroatoms. The molecule has 0 bridgehead atoms. The summed E-state index contributed by atoms with van der Waals surface area (Å²) in [6.45, 7) is 4.01. The van der Waals surface area contributed by atoms with Gasteiger partial charge >= 0.3 is 0 Å². The lowest BCUT2D eigenvalue weighted by atomic mass is 10.0. The van der Waals surface area contributed by atoms with Crippen molar-refractivity contribution in [3.8, 4) is 0 Å². The zero-order chi connectivity index (χ0) is 16.4. The van der Waals surface area contributed by atoms with Crippen molar-refractivity contribution in [2.75, 3.05) is 0 Å². The highest BCUT2D eigenvalue weighted by Crippen LogP contribution is 2.22. The van der Waals surface area contributed by atoms with Gasteiger partial charge in [0.2, 0.25) is 5.91 Å². The van der Waals surface area contributed by atoms with E-state index in [4.69, 9.17) is 0 Å². The molecule has 1 aromatic heterocycles. The molecule has 1 aromatic carbocycles. The molecular weight excluding hydrogens is 288 g/mol. The summed E-state index contributed by atoms with van der Waals surface area (Å²) in [7, 11) is 0. The second kappa shape index (κ2) is 6.41. The van der Waals surface area contributed by atoms with Crippen molar-refractivity contribution in [3.05, 3.63) is 68.1 Å². The summed E-state index contributed by atoms with van der Waals surface area (Å²) in [5.41, 5.74) is 6.07. The first kappa shape index (κ1) is 15.5. The zero-order valence-corrected chi connectivity index (χ0v) is 13.7. The predicted molar refractivity (Wildman–Crippen MR) is 90.6 cm³/mol. The topological polar surface area (TPSA) is 62.0 Å². The van der Waals surface area contributed by atoms with Crippen molar-refractivity contribution in [2.45, 2.75) is 46.1 Å². The molecule has 0 aliphatic heterocycles. The minimum Gasteiger partial charge on any atom is -0.352 e. The van der Waals surface area contributed by atoms with Crippen molar-refractivity contribution in [1.29, 1.82) is 0 Å². The maximum absolute atomic E-state index is 12.2. The average Bonchev–Trinajstić information content (AvgIpc) is 2.93. The number of rotatable bonds is 4. The first-order valence-electron chi connectivity index (χ1n) is 8.09. The van der Waals surface area contributed by atoms with Gasteiger partial charge in [0.15, 0.2) is 0 Å². The molecular formula is C19H22N2O2. The number of aryl methyl sites for hydroxylation is 4. The maximum Gasteiger partial charge on any atom is 0.253 e. The fourth-order valence-electron chi connectivity index (χ4n) is 3.27. The number of aromatic nitrogens is 1. The number of benzene rings is 1. The molecule has 2 aromatic rings. The van der Waals surface area contributed by atoms with E-state index in [9.17, 15) is 9.59 Å². The number of hydrogen-bond acceptors (Lipinski definition) is 2. The van der Waals surface area contributed by atoms with Gasteiger partial charge in [-0.15, -0.1) is 0 Å². The summed E-state index contributed by atoms with van der Waals surface area (Å²) in [5, 5.41) is 2.86. The van der Waals surface area contributed by atoms with E-state index in [1.165, 1.54) is 17.5 Å². The molecule has 4 nitrogen and oxygen atoms in total. The van der Waals surface area contributed by atoms with Gasteiger partial charge in [-0.25, -0.2) is 0 Å². The monoisotopic (exact) mass is 310 g/mol. The van der Waals surface area contributed by atoms with Gasteiger partial charge in [-0.2, -0.15) is 0 Å². The maximum atomic E-state index is 12.2. The number of aromatic amines is 1. The normalized spacial score (nSPS) is 13.0. The van der Waals surface area contributed by atoms with E-state index in [2.05, 4.69) is 22.4 Å². The highest BCUT2D eigenvalue weighted by molar-refractivity contribution is 5.78. The molecule has 0 spiro atoms. The van der Waals surface area contributed by atoms with E-state index < -0.39 is 0 Å². The molecule has 2 N–H and O–H groups in total. The molecule has 0 radical (unpaired) electrons. The van der Waals surface area contributed by atoms with Crippen LogP contribution in [0.4, 0.5) is 0 Å². The summed E-state index contributed by atoms with van der Waals surface area (Å²) in [6, 6.07) is 8.24. The smallest absolute Gasteiger partial charge is 0.253 e. The van der Waals surface area contributed by atoms with Crippen molar-refractivity contribution in [3.63, 3.8) is 0 Å². The molecule has 0 atom stereocenters. The van der Waals surface area contributed by atoms with Crippen LogP contribution >= 0.6 is 0 Å². The lowest BCUT2D eigenvalue weighted by Crippen LogP contribution is -2.29. The number of H-pyrrole nitrogens is 1. The molecule has 1 aliphatic carbocycles. The van der Waals surface area contributed by atoms with E-state index in [-0.39, 0.29) is 18.0 Å². The van der Waals surface area contributed by atoms with E-state index in [1.54, 1.807) is 0 Å². The zero-order valence-electron chi connectivity index (χ0n) is 13.7. The second-order valence-corrected chi connectivity index (χ2v) is 6.35. The Bertz CT molecular complexity index is 806. The van der Waals surface area contributed by atoms with E-state index in [1.807, 2.05) is 26.0 Å². The van der Waals surface area contributed by atoms with E-state index in [0.717, 1.165) is 29.7 Å². The third kappa shape index (κ3) is 3.52. The minimum absolute atomic E-state index is 0.0534.